The van der Waals surface area contributed by atoms with Crippen LogP contribution in [0.5, 0.6) is 0 Å². The molecule has 0 unspecified atom stereocenters. The fraction of sp³-hybridized carbons (Fsp3) is 0.111. The summed E-state index contributed by atoms with van der Waals surface area (Å²) in [6.45, 7) is 0. The Bertz CT molecular complexity index is 1510. The molecule has 5 aromatic carbocycles. The lowest BCUT2D eigenvalue weighted by molar-refractivity contribution is -0.142. The number of hydrogen-bond acceptors (Lipinski definition) is 2. The number of carboxylic acid groups (broad SMARTS) is 1. The van der Waals surface area contributed by atoms with Crippen LogP contribution in [0.3, 0.4) is 0 Å². The number of hydrogen-bond donors (Lipinski definition) is 2. The minimum Gasteiger partial charge on any atom is -0.480 e. The van der Waals surface area contributed by atoms with Crippen LogP contribution < -0.4 is 5.32 Å². The Balaban J connectivity index is 1.43. The van der Waals surface area contributed by atoms with E-state index in [0.29, 0.717) is 0 Å². The molecule has 0 radical (unpaired) electrons. The number of rotatable bonds is 8. The molecule has 0 spiro atoms. The molecule has 2 N–H and O–H groups in total. The minimum absolute atomic E-state index is 0.0465. The molecule has 0 fully saturated rings. The van der Waals surface area contributed by atoms with Crippen molar-refractivity contribution in [1.29, 1.82) is 0 Å². The summed E-state index contributed by atoms with van der Waals surface area (Å²) in [5.41, 5.74) is 5.92. The van der Waals surface area contributed by atoms with Crippen molar-refractivity contribution < 1.29 is 14.7 Å². The largest absolute Gasteiger partial charge is 0.480 e. The highest BCUT2D eigenvalue weighted by Crippen LogP contribution is 2.47. The molecule has 1 aliphatic carbocycles. The van der Waals surface area contributed by atoms with Crippen molar-refractivity contribution in [3.63, 3.8) is 0 Å². The lowest BCUT2D eigenvalue weighted by Crippen LogP contribution is -2.47. The second-order valence-electron chi connectivity index (χ2n) is 10.2. The summed E-state index contributed by atoms with van der Waals surface area (Å²) in [6.07, 6.45) is 0.0465. The second kappa shape index (κ2) is 10.7. The number of amides is 1. The first kappa shape index (κ1) is 25.3. The lowest BCUT2D eigenvalue weighted by Gasteiger charge is -2.36. The van der Waals surface area contributed by atoms with Gasteiger partial charge in [0.15, 0.2) is 0 Å². The van der Waals surface area contributed by atoms with E-state index in [1.807, 2.05) is 140 Å². The number of nitrogens with one attached hydrogen (secondary N) is 1. The summed E-state index contributed by atoms with van der Waals surface area (Å²) in [6, 6.07) is 44.5. The summed E-state index contributed by atoms with van der Waals surface area (Å²) in [4.78, 5) is 26.9. The molecular formula is C36H29NO3. The molecule has 0 saturated heterocycles. The first-order valence-corrected chi connectivity index (χ1v) is 13.5. The van der Waals surface area contributed by atoms with E-state index in [4.69, 9.17) is 0 Å². The van der Waals surface area contributed by atoms with Gasteiger partial charge in [-0.05, 0) is 38.9 Å². The molecule has 4 heteroatoms. The van der Waals surface area contributed by atoms with Gasteiger partial charge in [0.05, 0.1) is 5.41 Å². The van der Waals surface area contributed by atoms with Crippen LogP contribution in [0.25, 0.3) is 11.1 Å². The zero-order chi connectivity index (χ0) is 27.5. The van der Waals surface area contributed by atoms with Gasteiger partial charge in [-0.1, -0.05) is 140 Å². The van der Waals surface area contributed by atoms with E-state index >= 15 is 0 Å². The van der Waals surface area contributed by atoms with Crippen molar-refractivity contribution in [2.24, 2.45) is 0 Å². The highest BCUT2D eigenvalue weighted by molar-refractivity contribution is 5.89. The van der Waals surface area contributed by atoms with Gasteiger partial charge in [0.2, 0.25) is 5.91 Å². The molecule has 0 saturated carbocycles. The Labute approximate surface area is 234 Å². The number of carboxylic acids is 1. The Morgan fingerprint density at radius 1 is 0.600 bits per heavy atom. The van der Waals surface area contributed by atoms with Crippen LogP contribution in [0, 0.1) is 0 Å². The molecule has 4 nitrogen and oxygen atoms in total. The molecule has 6 rings (SSSR count). The third kappa shape index (κ3) is 4.38. The van der Waals surface area contributed by atoms with E-state index in [0.717, 1.165) is 38.9 Å². The number of aliphatic carboxylic acids is 1. The summed E-state index contributed by atoms with van der Waals surface area (Å²) in [5, 5.41) is 13.4. The zero-order valence-electron chi connectivity index (χ0n) is 21.9. The van der Waals surface area contributed by atoms with Crippen LogP contribution in [-0.4, -0.2) is 23.0 Å². The average Bonchev–Trinajstić information content (AvgIpc) is 3.34. The predicted molar refractivity (Wildman–Crippen MR) is 157 cm³/mol. The van der Waals surface area contributed by atoms with Crippen LogP contribution in [0.2, 0.25) is 0 Å². The SMILES string of the molecule is O=C(CC(c1ccccc1)(c1ccccc1)c1ccccc1)N[C@H](C(=O)O)C1c2ccccc2-c2ccccc21. The van der Waals surface area contributed by atoms with E-state index in [-0.39, 0.29) is 12.3 Å². The molecule has 0 aromatic heterocycles. The Morgan fingerprint density at radius 2 is 0.975 bits per heavy atom. The smallest absolute Gasteiger partial charge is 0.327 e. The summed E-state index contributed by atoms with van der Waals surface area (Å²) < 4.78 is 0. The molecule has 1 atom stereocenters. The van der Waals surface area contributed by atoms with Crippen LogP contribution in [0.15, 0.2) is 140 Å². The fourth-order valence-electron chi connectivity index (χ4n) is 6.28. The zero-order valence-corrected chi connectivity index (χ0v) is 21.9. The van der Waals surface area contributed by atoms with E-state index in [1.54, 1.807) is 0 Å². The molecule has 40 heavy (non-hydrogen) atoms. The fourth-order valence-corrected chi connectivity index (χ4v) is 6.28. The van der Waals surface area contributed by atoms with Gasteiger partial charge < -0.3 is 10.4 Å². The molecular weight excluding hydrogens is 494 g/mol. The van der Waals surface area contributed by atoms with Gasteiger partial charge in [0.1, 0.15) is 6.04 Å². The van der Waals surface area contributed by atoms with Gasteiger partial charge in [-0.3, -0.25) is 4.79 Å². The summed E-state index contributed by atoms with van der Waals surface area (Å²) in [5.74, 6) is -1.88. The predicted octanol–water partition coefficient (Wildman–Crippen LogP) is 6.79. The van der Waals surface area contributed by atoms with Gasteiger partial charge in [0.25, 0.3) is 0 Å². The molecule has 0 aliphatic heterocycles. The molecule has 0 bridgehead atoms. The quantitative estimate of drug-likeness (QED) is 0.220. The van der Waals surface area contributed by atoms with Gasteiger partial charge in [0, 0.05) is 12.3 Å². The van der Waals surface area contributed by atoms with Crippen molar-refractivity contribution in [2.45, 2.75) is 23.8 Å². The van der Waals surface area contributed by atoms with Gasteiger partial charge >= 0.3 is 5.97 Å². The minimum atomic E-state index is -1.13. The van der Waals surface area contributed by atoms with E-state index in [9.17, 15) is 14.7 Å². The van der Waals surface area contributed by atoms with E-state index < -0.39 is 23.3 Å². The highest BCUT2D eigenvalue weighted by Gasteiger charge is 2.42. The third-order valence-corrected chi connectivity index (χ3v) is 8.02. The van der Waals surface area contributed by atoms with Gasteiger partial charge in [-0.2, -0.15) is 0 Å². The van der Waals surface area contributed by atoms with Crippen molar-refractivity contribution in [2.75, 3.05) is 0 Å². The molecule has 1 aliphatic rings. The maximum Gasteiger partial charge on any atom is 0.327 e. The normalized spacial score (nSPS) is 13.2. The number of carbonyl (C=O) groups is 2. The first-order valence-electron chi connectivity index (χ1n) is 13.5. The Morgan fingerprint density at radius 3 is 1.38 bits per heavy atom. The topological polar surface area (TPSA) is 66.4 Å². The maximum atomic E-state index is 14.1. The van der Waals surface area contributed by atoms with Gasteiger partial charge in [-0.25, -0.2) is 4.79 Å². The van der Waals surface area contributed by atoms with Crippen molar-refractivity contribution in [1.82, 2.24) is 5.32 Å². The average molecular weight is 524 g/mol. The van der Waals surface area contributed by atoms with Crippen LogP contribution >= 0.6 is 0 Å². The van der Waals surface area contributed by atoms with Gasteiger partial charge in [-0.15, -0.1) is 0 Å². The standard InChI is InChI=1S/C36H29NO3/c38-32(37-34(35(39)40)33-30-22-12-10-20-28(30)29-21-11-13-23-31(29)33)24-36(25-14-4-1-5-15-25,26-16-6-2-7-17-26)27-18-8-3-9-19-27/h1-23,33-34H,24H2,(H,37,38)(H,39,40)/t34-/m0/s1. The van der Waals surface area contributed by atoms with Crippen LogP contribution in [0.4, 0.5) is 0 Å². The first-order chi connectivity index (χ1) is 19.6. The van der Waals surface area contributed by atoms with Crippen LogP contribution in [-0.2, 0) is 15.0 Å². The van der Waals surface area contributed by atoms with Crippen molar-refractivity contribution in [3.05, 3.63) is 167 Å². The van der Waals surface area contributed by atoms with E-state index in [2.05, 4.69) is 5.32 Å². The molecule has 5 aromatic rings. The summed E-state index contributed by atoms with van der Waals surface area (Å²) in [7, 11) is 0. The number of fused-ring (bicyclic) bond motifs is 3. The maximum absolute atomic E-state index is 14.1. The Hall–Kier alpha value is -4.96. The van der Waals surface area contributed by atoms with Crippen molar-refractivity contribution >= 4 is 11.9 Å². The van der Waals surface area contributed by atoms with Crippen LogP contribution in [0.1, 0.15) is 40.2 Å². The number of benzene rings is 5. The molecule has 0 heterocycles. The monoisotopic (exact) mass is 523 g/mol. The lowest BCUT2D eigenvalue weighted by atomic mass is 9.67. The third-order valence-electron chi connectivity index (χ3n) is 8.02. The molecule has 196 valence electrons. The van der Waals surface area contributed by atoms with Crippen molar-refractivity contribution in [3.8, 4) is 11.1 Å². The Kier molecular flexibility index (Phi) is 6.75. The number of carbonyl (C=O) groups excluding carboxylic acids is 1. The highest BCUT2D eigenvalue weighted by atomic mass is 16.4. The second-order valence-corrected chi connectivity index (χ2v) is 10.2. The molecule has 1 amide bonds. The summed E-state index contributed by atoms with van der Waals surface area (Å²) >= 11 is 0. The van der Waals surface area contributed by atoms with E-state index in [1.165, 1.54) is 0 Å².